The van der Waals surface area contributed by atoms with E-state index in [9.17, 15) is 9.59 Å². The van der Waals surface area contributed by atoms with E-state index in [1.165, 1.54) is 5.56 Å². The molecule has 0 spiro atoms. The first-order chi connectivity index (χ1) is 9.29. The molecule has 0 bridgehead atoms. The molecule has 4 nitrogen and oxygen atoms in total. The van der Waals surface area contributed by atoms with Gasteiger partial charge in [-0.3, -0.25) is 9.59 Å². The van der Waals surface area contributed by atoms with E-state index in [1.807, 2.05) is 46.8 Å². The predicted molar refractivity (Wildman–Crippen MR) is 81.7 cm³/mol. The Morgan fingerprint density at radius 2 is 1.60 bits per heavy atom. The normalized spacial score (nSPS) is 10.5. The first-order valence-electron chi connectivity index (χ1n) is 6.94. The fraction of sp³-hybridized carbons (Fsp3) is 0.500. The Labute approximate surface area is 121 Å². The largest absolute Gasteiger partial charge is 0.347 e. The van der Waals surface area contributed by atoms with Gasteiger partial charge in [-0.05, 0) is 37.8 Å². The fourth-order valence-electron chi connectivity index (χ4n) is 2.18. The van der Waals surface area contributed by atoms with Crippen molar-refractivity contribution in [1.82, 2.24) is 5.32 Å². The van der Waals surface area contributed by atoms with E-state index in [0.717, 1.165) is 16.8 Å². The SMILES string of the molecule is Cc1cc(C)c(NC(=O)CNC(=O)CC(C)C)c(C)c1. The molecule has 110 valence electrons. The van der Waals surface area contributed by atoms with Crippen LogP contribution in [0.2, 0.25) is 0 Å². The van der Waals surface area contributed by atoms with Gasteiger partial charge in [-0.1, -0.05) is 31.5 Å². The van der Waals surface area contributed by atoms with Crippen molar-refractivity contribution in [2.75, 3.05) is 11.9 Å². The number of amides is 2. The van der Waals surface area contributed by atoms with Crippen molar-refractivity contribution in [3.63, 3.8) is 0 Å². The third-order valence-corrected chi connectivity index (χ3v) is 2.98. The molecule has 4 heteroatoms. The van der Waals surface area contributed by atoms with Gasteiger partial charge in [0.15, 0.2) is 0 Å². The lowest BCUT2D eigenvalue weighted by Gasteiger charge is -2.13. The smallest absolute Gasteiger partial charge is 0.243 e. The minimum atomic E-state index is -0.197. The summed E-state index contributed by atoms with van der Waals surface area (Å²) in [4.78, 5) is 23.4. The molecule has 0 saturated carbocycles. The highest BCUT2D eigenvalue weighted by atomic mass is 16.2. The zero-order valence-electron chi connectivity index (χ0n) is 13.0. The van der Waals surface area contributed by atoms with E-state index in [4.69, 9.17) is 0 Å². The summed E-state index contributed by atoms with van der Waals surface area (Å²) in [7, 11) is 0. The molecule has 0 radical (unpaired) electrons. The molecule has 0 heterocycles. The van der Waals surface area contributed by atoms with Crippen LogP contribution in [0.1, 0.15) is 37.0 Å². The standard InChI is InChI=1S/C16H24N2O2/c1-10(2)6-14(19)17-9-15(20)18-16-12(4)7-11(3)8-13(16)5/h7-8,10H,6,9H2,1-5H3,(H,17,19)(H,18,20). The maximum Gasteiger partial charge on any atom is 0.243 e. The van der Waals surface area contributed by atoms with E-state index in [1.54, 1.807) is 0 Å². The number of hydrogen-bond acceptors (Lipinski definition) is 2. The molecular weight excluding hydrogens is 252 g/mol. The summed E-state index contributed by atoms with van der Waals surface area (Å²) >= 11 is 0. The molecule has 1 rings (SSSR count). The second-order valence-corrected chi connectivity index (χ2v) is 5.70. The highest BCUT2D eigenvalue weighted by Crippen LogP contribution is 2.21. The van der Waals surface area contributed by atoms with Crippen molar-refractivity contribution in [2.45, 2.75) is 41.0 Å². The monoisotopic (exact) mass is 276 g/mol. The van der Waals surface area contributed by atoms with Crippen LogP contribution in [-0.2, 0) is 9.59 Å². The highest BCUT2D eigenvalue weighted by Gasteiger charge is 2.10. The second-order valence-electron chi connectivity index (χ2n) is 5.70. The lowest BCUT2D eigenvalue weighted by atomic mass is 10.1. The number of hydrogen-bond donors (Lipinski definition) is 2. The van der Waals surface area contributed by atoms with Crippen molar-refractivity contribution >= 4 is 17.5 Å². The summed E-state index contributed by atoms with van der Waals surface area (Å²) in [5.41, 5.74) is 4.07. The van der Waals surface area contributed by atoms with Crippen molar-refractivity contribution in [1.29, 1.82) is 0 Å². The maximum absolute atomic E-state index is 11.9. The van der Waals surface area contributed by atoms with Gasteiger partial charge >= 0.3 is 0 Å². The summed E-state index contributed by atoms with van der Waals surface area (Å²) < 4.78 is 0. The van der Waals surface area contributed by atoms with E-state index in [-0.39, 0.29) is 18.4 Å². The van der Waals surface area contributed by atoms with Gasteiger partial charge in [-0.15, -0.1) is 0 Å². The average Bonchev–Trinajstić information content (AvgIpc) is 2.30. The van der Waals surface area contributed by atoms with Crippen LogP contribution in [0.25, 0.3) is 0 Å². The van der Waals surface area contributed by atoms with Crippen LogP contribution >= 0.6 is 0 Å². The van der Waals surface area contributed by atoms with E-state index >= 15 is 0 Å². The molecule has 2 N–H and O–H groups in total. The van der Waals surface area contributed by atoms with E-state index < -0.39 is 0 Å². The summed E-state index contributed by atoms with van der Waals surface area (Å²) in [5.74, 6) is 0.00399. The van der Waals surface area contributed by atoms with Gasteiger partial charge in [0.05, 0.1) is 6.54 Å². The number of nitrogens with one attached hydrogen (secondary N) is 2. The second kappa shape index (κ2) is 7.08. The van der Waals surface area contributed by atoms with Crippen LogP contribution in [0.15, 0.2) is 12.1 Å². The molecule has 2 amide bonds. The van der Waals surface area contributed by atoms with Crippen LogP contribution < -0.4 is 10.6 Å². The van der Waals surface area contributed by atoms with Gasteiger partial charge in [0.25, 0.3) is 0 Å². The summed E-state index contributed by atoms with van der Waals surface area (Å²) in [5, 5.41) is 5.49. The lowest BCUT2D eigenvalue weighted by molar-refractivity contribution is -0.124. The third kappa shape index (κ3) is 5.03. The lowest BCUT2D eigenvalue weighted by Crippen LogP contribution is -2.33. The molecule has 20 heavy (non-hydrogen) atoms. The topological polar surface area (TPSA) is 58.2 Å². The zero-order valence-corrected chi connectivity index (χ0v) is 13.0. The maximum atomic E-state index is 11.9. The number of benzene rings is 1. The van der Waals surface area contributed by atoms with Crippen molar-refractivity contribution in [3.8, 4) is 0 Å². The van der Waals surface area contributed by atoms with Crippen molar-refractivity contribution in [2.24, 2.45) is 5.92 Å². The molecule has 0 atom stereocenters. The number of aryl methyl sites for hydroxylation is 3. The Morgan fingerprint density at radius 3 is 2.10 bits per heavy atom. The van der Waals surface area contributed by atoms with Gasteiger partial charge in [0, 0.05) is 12.1 Å². The minimum absolute atomic E-state index is 0.0122. The Morgan fingerprint density at radius 1 is 1.05 bits per heavy atom. The van der Waals surface area contributed by atoms with Crippen LogP contribution in [-0.4, -0.2) is 18.4 Å². The number of carbonyl (C=O) groups is 2. The van der Waals surface area contributed by atoms with Gasteiger partial charge < -0.3 is 10.6 Å². The van der Waals surface area contributed by atoms with Crippen LogP contribution in [0.3, 0.4) is 0 Å². The third-order valence-electron chi connectivity index (χ3n) is 2.98. The summed E-state index contributed by atoms with van der Waals surface area (Å²) in [6.07, 6.45) is 0.440. The number of rotatable bonds is 5. The molecule has 0 fully saturated rings. The Hall–Kier alpha value is -1.84. The first kappa shape index (κ1) is 16.2. The van der Waals surface area contributed by atoms with Gasteiger partial charge in [-0.2, -0.15) is 0 Å². The van der Waals surface area contributed by atoms with Crippen molar-refractivity contribution < 1.29 is 9.59 Å². The van der Waals surface area contributed by atoms with Crippen LogP contribution in [0, 0.1) is 26.7 Å². The molecular formula is C16H24N2O2. The number of carbonyl (C=O) groups excluding carboxylic acids is 2. The average molecular weight is 276 g/mol. The Bertz CT molecular complexity index is 484. The molecule has 0 aliphatic heterocycles. The summed E-state index contributed by atoms with van der Waals surface area (Å²) in [6.45, 7) is 9.91. The van der Waals surface area contributed by atoms with Crippen LogP contribution in [0.5, 0.6) is 0 Å². The Kier molecular flexibility index (Phi) is 5.74. The van der Waals surface area contributed by atoms with E-state index in [2.05, 4.69) is 10.6 Å². The first-order valence-corrected chi connectivity index (χ1v) is 6.94. The molecule has 0 aliphatic carbocycles. The van der Waals surface area contributed by atoms with Crippen LogP contribution in [0.4, 0.5) is 5.69 Å². The fourth-order valence-corrected chi connectivity index (χ4v) is 2.18. The zero-order chi connectivity index (χ0) is 15.3. The molecule has 0 aliphatic rings. The van der Waals surface area contributed by atoms with Gasteiger partial charge in [0.1, 0.15) is 0 Å². The number of anilines is 1. The predicted octanol–water partition coefficient (Wildman–Crippen LogP) is 2.71. The Balaban J connectivity index is 2.57. The molecule has 1 aromatic rings. The molecule has 1 aromatic carbocycles. The summed E-state index contributed by atoms with van der Waals surface area (Å²) in [6, 6.07) is 4.06. The molecule has 0 unspecified atom stereocenters. The van der Waals surface area contributed by atoms with Gasteiger partial charge in [-0.25, -0.2) is 0 Å². The highest BCUT2D eigenvalue weighted by molar-refractivity contribution is 5.95. The van der Waals surface area contributed by atoms with Crippen molar-refractivity contribution in [3.05, 3.63) is 28.8 Å². The quantitative estimate of drug-likeness (QED) is 0.868. The molecule has 0 saturated heterocycles. The minimum Gasteiger partial charge on any atom is -0.347 e. The van der Waals surface area contributed by atoms with E-state index in [0.29, 0.717) is 12.3 Å². The molecule has 0 aromatic heterocycles. The van der Waals surface area contributed by atoms with Gasteiger partial charge in [0.2, 0.25) is 11.8 Å².